The Morgan fingerprint density at radius 3 is 2.43 bits per heavy atom. The van der Waals surface area contributed by atoms with Gasteiger partial charge in [0.15, 0.2) is 5.16 Å². The minimum absolute atomic E-state index is 0.748. The summed E-state index contributed by atoms with van der Waals surface area (Å²) in [5.41, 5.74) is 0. The molecule has 0 aliphatic carbocycles. The minimum atomic E-state index is 0.748. The normalized spacial score (nSPS) is 9.43. The number of hydrogen-bond donors (Lipinski definition) is 0. The maximum atomic E-state index is 4.66. The van der Waals surface area contributed by atoms with E-state index in [-0.39, 0.29) is 0 Å². The summed E-state index contributed by atoms with van der Waals surface area (Å²) in [5, 5.41) is 3.59. The summed E-state index contributed by atoms with van der Waals surface area (Å²) < 4.78 is 4.66. The van der Waals surface area contributed by atoms with Gasteiger partial charge < -0.3 is 0 Å². The van der Waals surface area contributed by atoms with Crippen LogP contribution in [-0.4, -0.2) is 5.16 Å². The Balaban J connectivity index is 3.04. The molecule has 38 valence electrons. The molecule has 1 aromatic rings. The summed E-state index contributed by atoms with van der Waals surface area (Å²) in [6.07, 6.45) is 0. The Bertz CT molecular complexity index is 142. The molecule has 1 rings (SSSR count). The van der Waals surface area contributed by atoms with Crippen molar-refractivity contribution in [3.63, 3.8) is 0 Å². The van der Waals surface area contributed by atoms with Crippen molar-refractivity contribution < 1.29 is 9.51 Å². The average molecular weight is 99.1 g/mol. The van der Waals surface area contributed by atoms with Crippen molar-refractivity contribution in [2.45, 2.75) is 13.8 Å². The van der Waals surface area contributed by atoms with Crippen LogP contribution in [0.2, 0.25) is 0 Å². The number of nitrogens with zero attached hydrogens (tertiary/aromatic N) is 1. The van der Waals surface area contributed by atoms with Gasteiger partial charge in [-0.3, -0.25) is 0 Å². The molecule has 0 fully saturated rings. The van der Waals surface area contributed by atoms with Gasteiger partial charge in [-0.1, -0.05) is 0 Å². The van der Waals surface area contributed by atoms with Crippen molar-refractivity contribution in [1.82, 2.24) is 5.16 Å². The first-order valence-electron chi connectivity index (χ1n) is 2.11. The van der Waals surface area contributed by atoms with Crippen LogP contribution in [-0.2, 0) is 0 Å². The SMILES string of the molecule is Cc1noc(C)[nH+]1. The van der Waals surface area contributed by atoms with Crippen molar-refractivity contribution in [1.29, 1.82) is 0 Å². The van der Waals surface area contributed by atoms with E-state index in [0.29, 0.717) is 0 Å². The molecule has 1 aromatic heterocycles. The zero-order valence-electron chi connectivity index (χ0n) is 4.36. The van der Waals surface area contributed by atoms with Crippen LogP contribution in [0.25, 0.3) is 0 Å². The predicted octanol–water partition coefficient (Wildman–Crippen LogP) is 0.106. The number of rotatable bonds is 0. The van der Waals surface area contributed by atoms with Crippen LogP contribution in [0.5, 0.6) is 0 Å². The molecule has 3 nitrogen and oxygen atoms in total. The highest BCUT2D eigenvalue weighted by molar-refractivity contribution is 4.60. The van der Waals surface area contributed by atoms with Crippen LogP contribution in [0.1, 0.15) is 11.7 Å². The van der Waals surface area contributed by atoms with E-state index in [1.165, 1.54) is 0 Å². The number of nitrogens with one attached hydrogen (secondary N) is 1. The van der Waals surface area contributed by atoms with Gasteiger partial charge in [0, 0.05) is 13.8 Å². The fourth-order valence-electron chi connectivity index (χ4n) is 0.437. The Labute approximate surface area is 41.3 Å². The molecular weight excluding hydrogens is 92.1 g/mol. The standard InChI is InChI=1S/C4H6N2O/c1-3-5-4(2)7-6-3/h1-2H3/p+1. The number of H-pyrrole nitrogens is 1. The lowest BCUT2D eigenvalue weighted by molar-refractivity contribution is -0.403. The third-order valence-electron chi connectivity index (χ3n) is 0.676. The first kappa shape index (κ1) is 4.30. The molecule has 0 aromatic carbocycles. The molecule has 7 heavy (non-hydrogen) atoms. The predicted molar refractivity (Wildman–Crippen MR) is 22.5 cm³/mol. The van der Waals surface area contributed by atoms with Gasteiger partial charge >= 0.3 is 11.7 Å². The molecule has 0 spiro atoms. The lowest BCUT2D eigenvalue weighted by Gasteiger charge is -1.58. The summed E-state index contributed by atoms with van der Waals surface area (Å²) >= 11 is 0. The lowest BCUT2D eigenvalue weighted by atomic mass is 10.7. The van der Waals surface area contributed by atoms with E-state index in [9.17, 15) is 0 Å². The monoisotopic (exact) mass is 99.1 g/mol. The molecule has 0 saturated heterocycles. The fraction of sp³-hybridized carbons (Fsp3) is 0.500. The van der Waals surface area contributed by atoms with Crippen LogP contribution >= 0.6 is 0 Å². The summed E-state index contributed by atoms with van der Waals surface area (Å²) in [5.74, 6) is 1.56. The second-order valence-electron chi connectivity index (χ2n) is 1.45. The van der Waals surface area contributed by atoms with Crippen LogP contribution in [0.15, 0.2) is 4.52 Å². The molecule has 0 bridgehead atoms. The number of aryl methyl sites for hydroxylation is 2. The molecule has 0 aliphatic heterocycles. The van der Waals surface area contributed by atoms with Crippen molar-refractivity contribution in [3.05, 3.63) is 11.7 Å². The van der Waals surface area contributed by atoms with Gasteiger partial charge in [-0.15, -0.1) is 0 Å². The summed E-state index contributed by atoms with van der Waals surface area (Å²) in [7, 11) is 0. The highest BCUT2D eigenvalue weighted by Gasteiger charge is 2.00. The van der Waals surface area contributed by atoms with Crippen molar-refractivity contribution >= 4 is 0 Å². The highest BCUT2D eigenvalue weighted by atomic mass is 16.5. The molecule has 0 radical (unpaired) electrons. The third-order valence-corrected chi connectivity index (χ3v) is 0.676. The minimum Gasteiger partial charge on any atom is -0.219 e. The van der Waals surface area contributed by atoms with Gasteiger partial charge in [0.25, 0.3) is 0 Å². The number of aromatic amines is 1. The van der Waals surface area contributed by atoms with E-state index in [4.69, 9.17) is 0 Å². The molecule has 0 saturated carbocycles. The van der Waals surface area contributed by atoms with Crippen LogP contribution in [0.3, 0.4) is 0 Å². The summed E-state index contributed by atoms with van der Waals surface area (Å²) in [6.45, 7) is 3.66. The second-order valence-corrected chi connectivity index (χ2v) is 1.45. The molecule has 0 unspecified atom stereocenters. The van der Waals surface area contributed by atoms with Crippen LogP contribution in [0.4, 0.5) is 0 Å². The number of hydrogen-bond acceptors (Lipinski definition) is 2. The largest absolute Gasteiger partial charge is 0.343 e. The maximum absolute atomic E-state index is 4.66. The third kappa shape index (κ3) is 0.765. The topological polar surface area (TPSA) is 40.2 Å². The van der Waals surface area contributed by atoms with E-state index in [2.05, 4.69) is 14.7 Å². The van der Waals surface area contributed by atoms with E-state index >= 15 is 0 Å². The smallest absolute Gasteiger partial charge is 0.219 e. The molecule has 1 heterocycles. The average Bonchev–Trinajstić information content (AvgIpc) is 1.87. The molecular formula is C4H7N2O+. The molecule has 0 amide bonds. The van der Waals surface area contributed by atoms with E-state index in [1.54, 1.807) is 0 Å². The van der Waals surface area contributed by atoms with Gasteiger partial charge in [-0.05, 0) is 0 Å². The molecule has 0 atom stereocenters. The van der Waals surface area contributed by atoms with Crippen LogP contribution < -0.4 is 4.98 Å². The van der Waals surface area contributed by atoms with Gasteiger partial charge in [0.1, 0.15) is 0 Å². The Morgan fingerprint density at radius 1 is 1.57 bits per heavy atom. The molecule has 3 heteroatoms. The number of aromatic nitrogens is 2. The highest BCUT2D eigenvalue weighted by Crippen LogP contribution is 1.81. The maximum Gasteiger partial charge on any atom is 0.343 e. The van der Waals surface area contributed by atoms with E-state index in [0.717, 1.165) is 11.7 Å². The second kappa shape index (κ2) is 1.33. The van der Waals surface area contributed by atoms with Crippen LogP contribution in [0, 0.1) is 13.8 Å². The first-order chi connectivity index (χ1) is 3.29. The fourth-order valence-corrected chi connectivity index (χ4v) is 0.437. The zero-order chi connectivity index (χ0) is 5.28. The van der Waals surface area contributed by atoms with Gasteiger partial charge in [-0.25, -0.2) is 9.51 Å². The Morgan fingerprint density at radius 2 is 2.29 bits per heavy atom. The molecule has 0 aliphatic rings. The van der Waals surface area contributed by atoms with Crippen molar-refractivity contribution in [3.8, 4) is 0 Å². The Kier molecular flexibility index (Phi) is 0.817. The van der Waals surface area contributed by atoms with Crippen molar-refractivity contribution in [2.75, 3.05) is 0 Å². The Hall–Kier alpha value is -0.860. The van der Waals surface area contributed by atoms with E-state index in [1.807, 2.05) is 13.8 Å². The molecule has 1 N–H and O–H groups in total. The quantitative estimate of drug-likeness (QED) is 0.463. The van der Waals surface area contributed by atoms with Crippen molar-refractivity contribution in [2.24, 2.45) is 0 Å². The van der Waals surface area contributed by atoms with Gasteiger partial charge in [0.2, 0.25) is 0 Å². The lowest BCUT2D eigenvalue weighted by Crippen LogP contribution is -2.04. The van der Waals surface area contributed by atoms with Gasteiger partial charge in [-0.2, -0.15) is 0 Å². The summed E-state index contributed by atoms with van der Waals surface area (Å²) in [4.78, 5) is 2.86. The van der Waals surface area contributed by atoms with Gasteiger partial charge in [0.05, 0.1) is 0 Å². The first-order valence-corrected chi connectivity index (χ1v) is 2.11. The summed E-state index contributed by atoms with van der Waals surface area (Å²) in [6, 6.07) is 0. The zero-order valence-corrected chi connectivity index (χ0v) is 4.36. The van der Waals surface area contributed by atoms with E-state index < -0.39 is 0 Å².